The number of hydrogen-bond donors (Lipinski definition) is 5. The van der Waals surface area contributed by atoms with Gasteiger partial charge in [0.1, 0.15) is 0 Å². The Morgan fingerprint density at radius 2 is 0.512 bits per heavy atom. The molecule has 0 aliphatic carbocycles. The average molecular weight is 1710 g/mol. The van der Waals surface area contributed by atoms with Crippen molar-refractivity contribution in [3.8, 4) is 0 Å². The highest BCUT2D eigenvalue weighted by Gasteiger charge is 2.34. The maximum Gasteiger partial charge on any atom is 0.242 e. The minimum absolute atomic E-state index is 0.00473. The van der Waals surface area contributed by atoms with Crippen molar-refractivity contribution in [3.05, 3.63) is 144 Å². The molecule has 0 spiro atoms. The monoisotopic (exact) mass is 1710 g/mol. The number of unbranched alkanes of at least 4 members (excludes halogenated alkanes) is 16. The number of amides is 11. The summed E-state index contributed by atoms with van der Waals surface area (Å²) in [6.45, 7) is 10.6. The van der Waals surface area contributed by atoms with E-state index < -0.39 is 92.4 Å². The number of nitrogens with two attached hydrogens (primary N) is 4. The van der Waals surface area contributed by atoms with E-state index in [9.17, 15) is 19.2 Å². The summed E-state index contributed by atoms with van der Waals surface area (Å²) in [6.07, 6.45) is 24.7. The van der Waals surface area contributed by atoms with Crippen LogP contribution in [0.2, 0.25) is 0 Å². The predicted octanol–water partition coefficient (Wildman–Crippen LogP) is 10.3. The molecule has 9 N–H and O–H groups in total. The Morgan fingerprint density at radius 1 is 0.268 bits per heavy atom. The fraction of sp³-hybridized carbons (Fsp3) is 0.639. The molecule has 4 aromatic carbocycles. The number of carbonyl (C=O) groups excluding carboxylic acids is 11. The van der Waals surface area contributed by atoms with Crippen molar-refractivity contribution >= 4 is 65.0 Å². The van der Waals surface area contributed by atoms with E-state index in [-0.39, 0.29) is 128 Å². The lowest BCUT2D eigenvalue weighted by molar-refractivity contribution is -0.149. The molecule has 0 saturated heterocycles. The molecule has 11 amide bonds. The molecule has 0 aromatic heterocycles. The Bertz CT molecular complexity index is 3600. The second-order valence-electron chi connectivity index (χ2n) is 33.2. The second-order valence-corrected chi connectivity index (χ2v) is 33.2. The van der Waals surface area contributed by atoms with Crippen LogP contribution >= 0.6 is 0 Å². The summed E-state index contributed by atoms with van der Waals surface area (Å²) in [5.41, 5.74) is 27.3. The second kappa shape index (κ2) is 65.5. The van der Waals surface area contributed by atoms with Gasteiger partial charge in [-0.05, 0) is 105 Å². The topological polar surface area (TPSA) is 336 Å². The Hall–Kier alpha value is -9.11. The lowest BCUT2D eigenvalue weighted by Gasteiger charge is -2.34. The highest BCUT2D eigenvalue weighted by molar-refractivity contribution is 5.95. The molecule has 0 saturated carbocycles. The maximum atomic E-state index is 15.7. The summed E-state index contributed by atoms with van der Waals surface area (Å²) >= 11 is 0. The predicted molar refractivity (Wildman–Crippen MR) is 492 cm³/mol. The summed E-state index contributed by atoms with van der Waals surface area (Å²) in [6, 6.07) is 37.9. The van der Waals surface area contributed by atoms with E-state index in [1.807, 2.05) is 121 Å². The third-order valence-electron chi connectivity index (χ3n) is 23.1. The highest BCUT2D eigenvalue weighted by atomic mass is 16.2. The van der Waals surface area contributed by atoms with Gasteiger partial charge in [-0.25, -0.2) is 0 Å². The minimum Gasteiger partial charge on any atom is -0.368 e. The van der Waals surface area contributed by atoms with Gasteiger partial charge in [0.05, 0.1) is 72.0 Å². The van der Waals surface area contributed by atoms with E-state index in [2.05, 4.69) is 46.9 Å². The van der Waals surface area contributed by atoms with Crippen molar-refractivity contribution < 1.29 is 52.7 Å². The van der Waals surface area contributed by atoms with Crippen LogP contribution in [0, 0.1) is 11.8 Å². The first-order valence-corrected chi connectivity index (χ1v) is 46.7. The summed E-state index contributed by atoms with van der Waals surface area (Å²) in [7, 11) is 0. The van der Waals surface area contributed by atoms with Gasteiger partial charge in [-0.15, -0.1) is 0 Å². The molecule has 0 radical (unpaired) electrons. The molecule has 4 aromatic rings. The molecule has 123 heavy (non-hydrogen) atoms. The van der Waals surface area contributed by atoms with Crippen molar-refractivity contribution in [1.82, 2.24) is 54.3 Å². The largest absolute Gasteiger partial charge is 0.368 e. The fourth-order valence-corrected chi connectivity index (χ4v) is 15.2. The number of carbonyl (C=O) groups is 11. The van der Waals surface area contributed by atoms with E-state index in [4.69, 9.17) is 22.9 Å². The molecule has 26 heteroatoms. The van der Waals surface area contributed by atoms with E-state index >= 15 is 33.6 Å². The molecule has 2 atom stereocenters. The van der Waals surface area contributed by atoms with Crippen LogP contribution in [-0.2, 0) is 78.4 Å². The van der Waals surface area contributed by atoms with Crippen molar-refractivity contribution in [1.29, 1.82) is 0 Å². The third-order valence-corrected chi connectivity index (χ3v) is 23.1. The van der Waals surface area contributed by atoms with Gasteiger partial charge in [0.2, 0.25) is 65.0 Å². The first kappa shape index (κ1) is 106. The summed E-state index contributed by atoms with van der Waals surface area (Å²) < 4.78 is 0. The Morgan fingerprint density at radius 3 is 0.780 bits per heavy atom. The quantitative estimate of drug-likeness (QED) is 0.0257. The van der Waals surface area contributed by atoms with Crippen LogP contribution in [0.25, 0.3) is 0 Å². The maximum absolute atomic E-state index is 15.7. The van der Waals surface area contributed by atoms with E-state index in [1.54, 1.807) is 9.80 Å². The minimum atomic E-state index is -0.645. The fourth-order valence-electron chi connectivity index (χ4n) is 15.2. The third kappa shape index (κ3) is 45.4. The number of benzene rings is 4. The van der Waals surface area contributed by atoms with Gasteiger partial charge in [-0.2, -0.15) is 0 Å². The Labute approximate surface area is 738 Å². The van der Waals surface area contributed by atoms with Gasteiger partial charge in [-0.1, -0.05) is 291 Å². The van der Waals surface area contributed by atoms with Gasteiger partial charge in [0, 0.05) is 78.5 Å². The van der Waals surface area contributed by atoms with Gasteiger partial charge >= 0.3 is 0 Å². The zero-order chi connectivity index (χ0) is 89.6. The average Bonchev–Trinajstić information content (AvgIpc) is 0.854. The van der Waals surface area contributed by atoms with E-state index in [0.29, 0.717) is 64.6 Å². The molecule has 686 valence electrons. The molecule has 4 rings (SSSR count). The summed E-state index contributed by atoms with van der Waals surface area (Å²) in [5.74, 6) is -5.44. The van der Waals surface area contributed by atoms with Gasteiger partial charge in [0.15, 0.2) is 0 Å². The number of nitrogens with one attached hydrogen (secondary N) is 1. The van der Waals surface area contributed by atoms with Gasteiger partial charge in [-0.3, -0.25) is 52.7 Å². The Balaban J connectivity index is 1.79. The lowest BCUT2D eigenvalue weighted by atomic mass is 9.98. The lowest BCUT2D eigenvalue weighted by Crippen LogP contribution is -2.54. The van der Waals surface area contributed by atoms with Crippen LogP contribution in [0.15, 0.2) is 121 Å². The van der Waals surface area contributed by atoms with Crippen LogP contribution in [0.4, 0.5) is 0 Å². The van der Waals surface area contributed by atoms with E-state index in [1.165, 1.54) is 45.6 Å². The molecule has 0 fully saturated rings. The normalized spacial score (nSPS) is 11.6. The molecular weight excluding hydrogens is 1550 g/mol. The van der Waals surface area contributed by atoms with Crippen LogP contribution in [0.1, 0.15) is 224 Å². The van der Waals surface area contributed by atoms with Gasteiger partial charge in [0.25, 0.3) is 0 Å². The smallest absolute Gasteiger partial charge is 0.242 e. The zero-order valence-corrected chi connectivity index (χ0v) is 76.2. The van der Waals surface area contributed by atoms with E-state index in [0.717, 1.165) is 157 Å². The van der Waals surface area contributed by atoms with Crippen LogP contribution in [-0.4, -0.2) is 278 Å². The number of hydrogen-bond acceptors (Lipinski definition) is 15. The number of primary amides is 1. The van der Waals surface area contributed by atoms with Crippen LogP contribution in [0.3, 0.4) is 0 Å². The Kier molecular flexibility index (Phi) is 56.6. The highest BCUT2D eigenvalue weighted by Crippen LogP contribution is 2.21. The molecule has 0 aliphatic heterocycles. The van der Waals surface area contributed by atoms with Crippen molar-refractivity contribution in [3.63, 3.8) is 0 Å². The first-order valence-electron chi connectivity index (χ1n) is 46.7. The van der Waals surface area contributed by atoms with Crippen molar-refractivity contribution in [2.45, 2.75) is 228 Å². The standard InChI is InChI=1S/C97H157N15O11/c1-7-13-17-19-21-23-25-39-60-103(79-97(123)112(70-82(12-6)43-16-10-4)80-95(121)104(61-40-26-24-22-20-18-14-8-2)78-96(122)111(71-87(101)113)69-81(11-5)42-15-9-3)89(115)72-105(62-52-83-44-31-27-32-45-83)90(116)74-107(64-54-85-48-35-29-36-49-85)93(119)77-110(67-58-100)94(120)75-108(65-55-86-50-37-30-38-51-86)91(117)73-106(63-53-84-46-33-28-34-47-84)92(118)76-109(66-57-99)88(114)68-102-59-41-56-98/h27-38,44-51,81-82,102H,7-26,39-43,52-80,98-100H2,1-6H3,(H2,101,113). The SMILES string of the molecule is CCCCCCCCCCN(CC(=O)N(CC(=O)N(CCCCCCCCCC)CC(=O)N(CC(N)=O)CC(CC)CCCC)CC(CC)CCCC)C(=O)CN(CCc1ccccc1)C(=O)CN(CCc1ccccc1)C(=O)CN(CCN)C(=O)CN(CCc1ccccc1)C(=O)CN(CCc1ccccc1)C(=O)CN(CCN)C(=O)CNCCCN. The van der Waals surface area contributed by atoms with Crippen LogP contribution in [0.5, 0.6) is 0 Å². The number of nitrogens with zero attached hydrogens (tertiary/aromatic N) is 10. The zero-order valence-electron chi connectivity index (χ0n) is 76.2. The molecule has 26 nitrogen and oxygen atoms in total. The van der Waals surface area contributed by atoms with Crippen LogP contribution < -0.4 is 28.3 Å². The molecule has 0 bridgehead atoms. The molecule has 2 unspecified atom stereocenters. The number of rotatable bonds is 71. The summed E-state index contributed by atoms with van der Waals surface area (Å²) in [4.78, 5) is 178. The molecular formula is C97H157N15O11. The first-order chi connectivity index (χ1) is 59.6. The molecule has 0 heterocycles. The summed E-state index contributed by atoms with van der Waals surface area (Å²) in [5, 5.41) is 3.08. The van der Waals surface area contributed by atoms with Crippen molar-refractivity contribution in [2.24, 2.45) is 34.8 Å². The molecule has 0 aliphatic rings. The van der Waals surface area contributed by atoms with Gasteiger partial charge < -0.3 is 77.3 Å². The van der Waals surface area contributed by atoms with Crippen molar-refractivity contribution in [2.75, 3.05) is 164 Å².